The molecule has 7 heteroatoms. The molecule has 2 aromatic rings. The molecular formula is C11H16N6O. The van der Waals surface area contributed by atoms with Crippen molar-refractivity contribution >= 4 is 5.95 Å². The Bertz CT molecular complexity index is 500. The first-order valence-electron chi connectivity index (χ1n) is 5.88. The number of aromatic nitrogens is 5. The maximum absolute atomic E-state index is 5.32. The molecule has 96 valence electrons. The maximum Gasteiger partial charge on any atom is 0.323 e. The third kappa shape index (κ3) is 2.73. The second kappa shape index (κ2) is 5.44. The minimum Gasteiger partial charge on any atom is -0.464 e. The Morgan fingerprint density at radius 3 is 2.72 bits per heavy atom. The van der Waals surface area contributed by atoms with Crippen LogP contribution in [0, 0.1) is 6.92 Å². The number of hydrogen-bond donors (Lipinski definition) is 1. The molecule has 1 N–H and O–H groups in total. The van der Waals surface area contributed by atoms with Crippen LogP contribution in [0.4, 0.5) is 5.95 Å². The Morgan fingerprint density at radius 1 is 1.28 bits per heavy atom. The molecular weight excluding hydrogens is 232 g/mol. The van der Waals surface area contributed by atoms with Crippen LogP contribution in [-0.4, -0.2) is 37.9 Å². The predicted molar refractivity (Wildman–Crippen MR) is 67.0 cm³/mol. The topological polar surface area (TPSA) is 77.8 Å². The van der Waals surface area contributed by atoms with Crippen LogP contribution in [0.2, 0.25) is 0 Å². The third-order valence-corrected chi connectivity index (χ3v) is 2.14. The normalized spacial score (nSPS) is 10.4. The Labute approximate surface area is 105 Å². The number of aryl methyl sites for hydroxylation is 1. The fraction of sp³-hybridized carbons (Fsp3) is 0.455. The van der Waals surface area contributed by atoms with Gasteiger partial charge in [-0.05, 0) is 26.8 Å². The molecule has 2 heterocycles. The number of ether oxygens (including phenoxy) is 1. The highest BCUT2D eigenvalue weighted by molar-refractivity contribution is 5.29. The lowest BCUT2D eigenvalue weighted by Gasteiger charge is -2.07. The van der Waals surface area contributed by atoms with E-state index in [1.54, 1.807) is 10.9 Å². The van der Waals surface area contributed by atoms with Crippen molar-refractivity contribution < 1.29 is 4.74 Å². The van der Waals surface area contributed by atoms with E-state index in [0.717, 1.165) is 12.2 Å². The van der Waals surface area contributed by atoms with E-state index in [-0.39, 0.29) is 0 Å². The summed E-state index contributed by atoms with van der Waals surface area (Å²) in [6, 6.07) is 2.18. The Kier molecular flexibility index (Phi) is 3.71. The molecule has 0 fully saturated rings. The average molecular weight is 248 g/mol. The SMILES string of the molecule is CCNc1nc(OCC)nc(-n2ccc(C)n2)n1. The van der Waals surface area contributed by atoms with Crippen LogP contribution in [0.3, 0.4) is 0 Å². The molecule has 0 aliphatic heterocycles. The second-order valence-electron chi connectivity index (χ2n) is 3.61. The fourth-order valence-corrected chi connectivity index (χ4v) is 1.41. The van der Waals surface area contributed by atoms with Crippen LogP contribution in [0.15, 0.2) is 12.3 Å². The summed E-state index contributed by atoms with van der Waals surface area (Å²) >= 11 is 0. The van der Waals surface area contributed by atoms with Gasteiger partial charge in [-0.25, -0.2) is 4.68 Å². The first-order chi connectivity index (χ1) is 8.72. The Morgan fingerprint density at radius 2 is 2.11 bits per heavy atom. The van der Waals surface area contributed by atoms with Gasteiger partial charge in [0.2, 0.25) is 5.95 Å². The molecule has 7 nitrogen and oxygen atoms in total. The quantitative estimate of drug-likeness (QED) is 0.856. The standard InChI is InChI=1S/C11H16N6O/c1-4-12-9-13-10(15-11(14-9)18-5-2)17-7-6-8(3)16-17/h6-7H,4-5H2,1-3H3,(H,12,13,14,15). The van der Waals surface area contributed by atoms with E-state index in [1.165, 1.54) is 0 Å². The summed E-state index contributed by atoms with van der Waals surface area (Å²) in [5.74, 6) is 0.927. The van der Waals surface area contributed by atoms with Gasteiger partial charge in [0.1, 0.15) is 0 Å². The number of hydrogen-bond acceptors (Lipinski definition) is 6. The van der Waals surface area contributed by atoms with Crippen LogP contribution in [-0.2, 0) is 0 Å². The number of anilines is 1. The molecule has 0 unspecified atom stereocenters. The molecule has 0 saturated carbocycles. The lowest BCUT2D eigenvalue weighted by atomic mass is 10.5. The van der Waals surface area contributed by atoms with Crippen molar-refractivity contribution in [2.24, 2.45) is 0 Å². The van der Waals surface area contributed by atoms with Crippen molar-refractivity contribution in [2.75, 3.05) is 18.5 Å². The first kappa shape index (κ1) is 12.3. The lowest BCUT2D eigenvalue weighted by molar-refractivity contribution is 0.311. The van der Waals surface area contributed by atoms with E-state index in [0.29, 0.717) is 24.5 Å². The van der Waals surface area contributed by atoms with Crippen LogP contribution in [0.1, 0.15) is 19.5 Å². The number of rotatable bonds is 5. The molecule has 0 amide bonds. The third-order valence-electron chi connectivity index (χ3n) is 2.14. The molecule has 0 aliphatic carbocycles. The monoisotopic (exact) mass is 248 g/mol. The van der Waals surface area contributed by atoms with Gasteiger partial charge < -0.3 is 10.1 Å². The summed E-state index contributed by atoms with van der Waals surface area (Å²) in [4.78, 5) is 12.6. The van der Waals surface area contributed by atoms with E-state index < -0.39 is 0 Å². The molecule has 0 radical (unpaired) electrons. The molecule has 0 aromatic carbocycles. The molecule has 0 spiro atoms. The van der Waals surface area contributed by atoms with Crippen LogP contribution in [0.25, 0.3) is 5.95 Å². The van der Waals surface area contributed by atoms with Gasteiger partial charge in [0.05, 0.1) is 12.3 Å². The van der Waals surface area contributed by atoms with Crippen molar-refractivity contribution in [1.29, 1.82) is 0 Å². The van der Waals surface area contributed by atoms with Gasteiger partial charge in [-0.3, -0.25) is 0 Å². The largest absolute Gasteiger partial charge is 0.464 e. The molecule has 2 aromatic heterocycles. The summed E-state index contributed by atoms with van der Waals surface area (Å²) in [7, 11) is 0. The highest BCUT2D eigenvalue weighted by Crippen LogP contribution is 2.10. The van der Waals surface area contributed by atoms with E-state index in [9.17, 15) is 0 Å². The smallest absolute Gasteiger partial charge is 0.323 e. The van der Waals surface area contributed by atoms with Gasteiger partial charge in [-0.2, -0.15) is 20.1 Å². The van der Waals surface area contributed by atoms with Crippen molar-refractivity contribution in [3.8, 4) is 12.0 Å². The van der Waals surface area contributed by atoms with E-state index in [4.69, 9.17) is 4.74 Å². The van der Waals surface area contributed by atoms with Gasteiger partial charge in [-0.15, -0.1) is 0 Å². The summed E-state index contributed by atoms with van der Waals surface area (Å²) in [6.07, 6.45) is 1.80. The van der Waals surface area contributed by atoms with Crippen molar-refractivity contribution in [1.82, 2.24) is 24.7 Å². The molecule has 0 bridgehead atoms. The lowest BCUT2D eigenvalue weighted by Crippen LogP contribution is -2.11. The van der Waals surface area contributed by atoms with Gasteiger partial charge >= 0.3 is 6.01 Å². The zero-order valence-corrected chi connectivity index (χ0v) is 10.7. The minimum absolute atomic E-state index is 0.298. The van der Waals surface area contributed by atoms with Gasteiger partial charge in [-0.1, -0.05) is 0 Å². The summed E-state index contributed by atoms with van der Waals surface area (Å²) in [6.45, 7) is 7.00. The Hall–Kier alpha value is -2.18. The highest BCUT2D eigenvalue weighted by atomic mass is 16.5. The summed E-state index contributed by atoms with van der Waals surface area (Å²) in [5, 5.41) is 7.30. The van der Waals surface area contributed by atoms with Gasteiger partial charge in [0, 0.05) is 12.7 Å². The van der Waals surface area contributed by atoms with Crippen LogP contribution < -0.4 is 10.1 Å². The zero-order chi connectivity index (χ0) is 13.0. The van der Waals surface area contributed by atoms with Gasteiger partial charge in [0.15, 0.2) is 0 Å². The fourth-order valence-electron chi connectivity index (χ4n) is 1.41. The summed E-state index contributed by atoms with van der Waals surface area (Å²) < 4.78 is 6.92. The predicted octanol–water partition coefficient (Wildman–Crippen LogP) is 1.20. The van der Waals surface area contributed by atoms with Crippen molar-refractivity contribution in [3.05, 3.63) is 18.0 Å². The number of nitrogens with one attached hydrogen (secondary N) is 1. The van der Waals surface area contributed by atoms with Crippen LogP contribution in [0.5, 0.6) is 6.01 Å². The zero-order valence-electron chi connectivity index (χ0n) is 10.7. The molecule has 18 heavy (non-hydrogen) atoms. The van der Waals surface area contributed by atoms with E-state index in [1.807, 2.05) is 26.8 Å². The molecule has 0 aliphatic rings. The van der Waals surface area contributed by atoms with Crippen LogP contribution >= 0.6 is 0 Å². The summed E-state index contributed by atoms with van der Waals surface area (Å²) in [5.41, 5.74) is 0.901. The second-order valence-corrected chi connectivity index (χ2v) is 3.61. The maximum atomic E-state index is 5.32. The van der Waals surface area contributed by atoms with Crippen molar-refractivity contribution in [3.63, 3.8) is 0 Å². The van der Waals surface area contributed by atoms with E-state index in [2.05, 4.69) is 25.4 Å². The van der Waals surface area contributed by atoms with Gasteiger partial charge in [0.25, 0.3) is 5.95 Å². The highest BCUT2D eigenvalue weighted by Gasteiger charge is 2.09. The van der Waals surface area contributed by atoms with E-state index >= 15 is 0 Å². The first-order valence-corrected chi connectivity index (χ1v) is 5.88. The molecule has 0 atom stereocenters. The molecule has 2 rings (SSSR count). The van der Waals surface area contributed by atoms with Crippen molar-refractivity contribution in [2.45, 2.75) is 20.8 Å². The number of nitrogens with zero attached hydrogens (tertiary/aromatic N) is 5. The average Bonchev–Trinajstić information content (AvgIpc) is 2.76. The Balaban J connectivity index is 2.39. The minimum atomic E-state index is 0.298. The molecule has 0 saturated heterocycles.